The van der Waals surface area contributed by atoms with Gasteiger partial charge in [-0.05, 0) is 0 Å². The zero-order valence-corrected chi connectivity index (χ0v) is 12.1. The number of rotatable bonds is 13. The second-order valence-corrected chi connectivity index (χ2v) is 5.75. The number of aliphatic hydroxyl groups excluding tert-OH is 5. The Kier molecular flexibility index (Phi) is 7.99. The van der Waals surface area contributed by atoms with E-state index in [4.69, 9.17) is 14.2 Å². The Morgan fingerprint density at radius 3 is 1.62 bits per heavy atom. The van der Waals surface area contributed by atoms with E-state index in [1.54, 1.807) is 0 Å². The molecule has 1 fully saturated rings. The second-order valence-electron chi connectivity index (χ2n) is 5.75. The van der Waals surface area contributed by atoms with Gasteiger partial charge in [0.25, 0.3) is 0 Å². The van der Waals surface area contributed by atoms with Gasteiger partial charge in [0.15, 0.2) is 0 Å². The Hall–Kier alpha value is -0.320. The van der Waals surface area contributed by atoms with Gasteiger partial charge in [0.2, 0.25) is 0 Å². The molecule has 0 spiro atoms. The summed E-state index contributed by atoms with van der Waals surface area (Å²) in [6.45, 7) is -0.911. The summed E-state index contributed by atoms with van der Waals surface area (Å²) in [4.78, 5) is 0. The van der Waals surface area contributed by atoms with Crippen LogP contribution in [0.2, 0.25) is 0 Å². The van der Waals surface area contributed by atoms with E-state index >= 15 is 0 Å². The Balaban J connectivity index is 2.40. The van der Waals surface area contributed by atoms with Crippen molar-refractivity contribution in [3.8, 4) is 0 Å². The fourth-order valence-electron chi connectivity index (χ4n) is 1.62. The summed E-state index contributed by atoms with van der Waals surface area (Å²) in [5.41, 5.74) is -2.11. The average Bonchev–Trinajstić information content (AvgIpc) is 3.35. The van der Waals surface area contributed by atoms with Crippen LogP contribution in [0, 0.1) is 10.8 Å². The molecule has 0 radical (unpaired) electrons. The fraction of sp³-hybridized carbons (Fsp3) is 1.00. The second kappa shape index (κ2) is 8.96. The SMILES string of the molecule is OCC(CO)(CO)COCC(CO)(CO)COCC1CO1. The Morgan fingerprint density at radius 1 is 0.762 bits per heavy atom. The van der Waals surface area contributed by atoms with Crippen LogP contribution in [-0.4, -0.2) is 97.7 Å². The summed E-state index contributed by atoms with van der Waals surface area (Å²) in [6.07, 6.45) is 0.0896. The van der Waals surface area contributed by atoms with E-state index in [1.807, 2.05) is 0 Å². The quantitative estimate of drug-likeness (QED) is 0.233. The molecule has 1 aliphatic rings. The standard InChI is InChI=1S/C13H26O8/c14-3-12(4-15,5-16)8-20-10-13(6-17,7-18)9-19-1-11-2-21-11/h11,14-18H,1-10H2. The lowest BCUT2D eigenvalue weighted by atomic mass is 9.90. The van der Waals surface area contributed by atoms with Crippen molar-refractivity contribution in [2.75, 3.05) is 66.1 Å². The van der Waals surface area contributed by atoms with Crippen LogP contribution >= 0.6 is 0 Å². The molecular formula is C13H26O8. The topological polar surface area (TPSA) is 132 Å². The molecule has 0 aromatic heterocycles. The van der Waals surface area contributed by atoms with Gasteiger partial charge in [-0.2, -0.15) is 0 Å². The Morgan fingerprint density at radius 2 is 1.19 bits per heavy atom. The number of hydrogen-bond acceptors (Lipinski definition) is 8. The highest BCUT2D eigenvalue weighted by atomic mass is 16.6. The number of aliphatic hydroxyl groups is 5. The summed E-state index contributed by atoms with van der Waals surface area (Å²) in [7, 11) is 0. The first-order valence-electron chi connectivity index (χ1n) is 6.91. The molecule has 0 amide bonds. The summed E-state index contributed by atoms with van der Waals surface area (Å²) < 4.78 is 15.8. The molecule has 0 bridgehead atoms. The monoisotopic (exact) mass is 310 g/mol. The van der Waals surface area contributed by atoms with Gasteiger partial charge in [-0.15, -0.1) is 0 Å². The maximum absolute atomic E-state index is 9.46. The molecule has 0 saturated carbocycles. The van der Waals surface area contributed by atoms with Gasteiger partial charge >= 0.3 is 0 Å². The van der Waals surface area contributed by atoms with Gasteiger partial charge < -0.3 is 39.7 Å². The molecule has 8 heteroatoms. The lowest BCUT2D eigenvalue weighted by Crippen LogP contribution is -2.44. The van der Waals surface area contributed by atoms with Crippen LogP contribution in [0.1, 0.15) is 0 Å². The molecule has 1 rings (SSSR count). The molecule has 0 aliphatic carbocycles. The third-order valence-corrected chi connectivity index (χ3v) is 3.61. The summed E-state index contributed by atoms with van der Waals surface area (Å²) in [5, 5.41) is 46.5. The zero-order valence-electron chi connectivity index (χ0n) is 12.1. The van der Waals surface area contributed by atoms with Gasteiger partial charge in [0.05, 0.1) is 76.9 Å². The largest absolute Gasteiger partial charge is 0.396 e. The van der Waals surface area contributed by atoms with Gasteiger partial charge in [-0.25, -0.2) is 0 Å². The van der Waals surface area contributed by atoms with E-state index in [0.717, 1.165) is 0 Å². The molecule has 1 aliphatic heterocycles. The smallest absolute Gasteiger partial charge is 0.104 e. The first kappa shape index (κ1) is 18.7. The highest BCUT2D eigenvalue weighted by molar-refractivity contribution is 4.81. The minimum Gasteiger partial charge on any atom is -0.396 e. The van der Waals surface area contributed by atoms with Crippen LogP contribution in [0.25, 0.3) is 0 Å². The number of epoxide rings is 1. The van der Waals surface area contributed by atoms with Crippen LogP contribution in [0.4, 0.5) is 0 Å². The van der Waals surface area contributed by atoms with E-state index < -0.39 is 30.7 Å². The molecular weight excluding hydrogens is 284 g/mol. The molecule has 1 unspecified atom stereocenters. The lowest BCUT2D eigenvalue weighted by Gasteiger charge is -2.32. The van der Waals surface area contributed by atoms with E-state index in [9.17, 15) is 25.5 Å². The molecule has 8 nitrogen and oxygen atoms in total. The maximum atomic E-state index is 9.46. The van der Waals surface area contributed by atoms with Crippen LogP contribution in [0.3, 0.4) is 0 Å². The predicted molar refractivity (Wildman–Crippen MR) is 71.7 cm³/mol. The molecule has 1 atom stereocenters. The Labute approximate surface area is 123 Å². The molecule has 21 heavy (non-hydrogen) atoms. The van der Waals surface area contributed by atoms with E-state index in [0.29, 0.717) is 13.2 Å². The summed E-state index contributed by atoms with van der Waals surface area (Å²) in [6, 6.07) is 0. The van der Waals surface area contributed by atoms with Crippen molar-refractivity contribution < 1.29 is 39.7 Å². The number of ether oxygens (including phenoxy) is 3. The highest BCUT2D eigenvalue weighted by Crippen LogP contribution is 2.21. The normalized spacial score (nSPS) is 19.0. The van der Waals surface area contributed by atoms with E-state index in [2.05, 4.69) is 0 Å². The zero-order chi connectivity index (χ0) is 15.8. The van der Waals surface area contributed by atoms with Gasteiger partial charge in [-0.1, -0.05) is 0 Å². The average molecular weight is 310 g/mol. The molecule has 1 saturated heterocycles. The van der Waals surface area contributed by atoms with Crippen molar-refractivity contribution in [2.45, 2.75) is 6.10 Å². The fourth-order valence-corrected chi connectivity index (χ4v) is 1.62. The predicted octanol–water partition coefficient (Wildman–Crippen LogP) is -2.65. The minimum absolute atomic E-state index is 0.0206. The van der Waals surface area contributed by atoms with Crippen molar-refractivity contribution in [2.24, 2.45) is 10.8 Å². The summed E-state index contributed by atoms with van der Waals surface area (Å²) >= 11 is 0. The molecule has 0 aromatic rings. The van der Waals surface area contributed by atoms with E-state index in [1.165, 1.54) is 0 Å². The van der Waals surface area contributed by atoms with Crippen molar-refractivity contribution >= 4 is 0 Å². The van der Waals surface area contributed by atoms with Gasteiger partial charge in [0, 0.05) is 0 Å². The van der Waals surface area contributed by atoms with Crippen molar-refractivity contribution in [3.05, 3.63) is 0 Å². The first-order valence-corrected chi connectivity index (χ1v) is 6.91. The third-order valence-electron chi connectivity index (χ3n) is 3.61. The molecule has 1 heterocycles. The van der Waals surface area contributed by atoms with E-state index in [-0.39, 0.29) is 39.1 Å². The molecule has 126 valence electrons. The van der Waals surface area contributed by atoms with Crippen molar-refractivity contribution in [3.63, 3.8) is 0 Å². The first-order chi connectivity index (χ1) is 10.1. The van der Waals surface area contributed by atoms with Crippen molar-refractivity contribution in [1.82, 2.24) is 0 Å². The number of hydrogen-bond donors (Lipinski definition) is 5. The highest BCUT2D eigenvalue weighted by Gasteiger charge is 2.34. The van der Waals surface area contributed by atoms with Crippen LogP contribution in [-0.2, 0) is 14.2 Å². The van der Waals surface area contributed by atoms with Crippen LogP contribution in [0.15, 0.2) is 0 Å². The molecule has 0 aromatic carbocycles. The summed E-state index contributed by atoms with van der Waals surface area (Å²) in [5.74, 6) is 0. The van der Waals surface area contributed by atoms with Gasteiger partial charge in [-0.3, -0.25) is 0 Å². The lowest BCUT2D eigenvalue weighted by molar-refractivity contribution is -0.112. The van der Waals surface area contributed by atoms with Crippen molar-refractivity contribution in [1.29, 1.82) is 0 Å². The minimum atomic E-state index is -1.14. The van der Waals surface area contributed by atoms with Crippen LogP contribution in [0.5, 0.6) is 0 Å². The molecule has 5 N–H and O–H groups in total. The van der Waals surface area contributed by atoms with Crippen LogP contribution < -0.4 is 0 Å². The third kappa shape index (κ3) is 5.76. The van der Waals surface area contributed by atoms with Gasteiger partial charge in [0.1, 0.15) is 6.10 Å². The Bertz CT molecular complexity index is 265. The maximum Gasteiger partial charge on any atom is 0.104 e.